The Labute approximate surface area is 115 Å². The maximum atomic E-state index is 12.1. The summed E-state index contributed by atoms with van der Waals surface area (Å²) in [6.45, 7) is 1.94. The number of anilines is 1. The predicted molar refractivity (Wildman–Crippen MR) is 75.0 cm³/mol. The van der Waals surface area contributed by atoms with E-state index in [0.717, 1.165) is 5.76 Å². The maximum absolute atomic E-state index is 12.1. The molecule has 0 aliphatic rings. The zero-order valence-electron chi connectivity index (χ0n) is 11.0. The molecule has 0 saturated carbocycles. The molecule has 1 amide bonds. The number of amidine groups is 1. The summed E-state index contributed by atoms with van der Waals surface area (Å²) >= 11 is 0. The Bertz CT molecular complexity index is 647. The number of oxime groups is 1. The second-order valence-corrected chi connectivity index (χ2v) is 4.10. The molecule has 6 nitrogen and oxygen atoms in total. The quantitative estimate of drug-likeness (QED) is 0.344. The summed E-state index contributed by atoms with van der Waals surface area (Å²) in [7, 11) is 0. The predicted octanol–water partition coefficient (Wildman–Crippen LogP) is 2.19. The van der Waals surface area contributed by atoms with Crippen molar-refractivity contribution in [2.45, 2.75) is 13.3 Å². The van der Waals surface area contributed by atoms with Crippen molar-refractivity contribution in [3.63, 3.8) is 0 Å². The van der Waals surface area contributed by atoms with Gasteiger partial charge in [0.2, 0.25) is 0 Å². The minimum Gasteiger partial charge on any atom is -0.456 e. The number of hydrogen-bond donors (Lipinski definition) is 3. The van der Waals surface area contributed by atoms with Crippen molar-refractivity contribution >= 4 is 17.4 Å². The molecule has 1 heterocycles. The molecule has 0 unspecified atom stereocenters. The van der Waals surface area contributed by atoms with Crippen LogP contribution in [0.25, 0.3) is 0 Å². The largest absolute Gasteiger partial charge is 0.456 e. The van der Waals surface area contributed by atoms with Gasteiger partial charge in [-0.3, -0.25) is 4.79 Å². The Kier molecular flexibility index (Phi) is 4.05. The van der Waals surface area contributed by atoms with E-state index in [4.69, 9.17) is 15.4 Å². The van der Waals surface area contributed by atoms with Crippen LogP contribution in [-0.2, 0) is 6.42 Å². The lowest BCUT2D eigenvalue weighted by Gasteiger charge is -2.08. The molecule has 2 aromatic rings. The number of hydrogen-bond acceptors (Lipinski definition) is 4. The Morgan fingerprint density at radius 1 is 1.35 bits per heavy atom. The number of rotatable bonds is 4. The van der Waals surface area contributed by atoms with Gasteiger partial charge in [-0.2, -0.15) is 0 Å². The molecule has 0 aliphatic carbocycles. The molecule has 4 N–H and O–H groups in total. The van der Waals surface area contributed by atoms with E-state index in [-0.39, 0.29) is 17.5 Å². The van der Waals surface area contributed by atoms with Crippen molar-refractivity contribution in [1.29, 1.82) is 0 Å². The molecule has 0 bridgehead atoms. The Morgan fingerprint density at radius 2 is 2.10 bits per heavy atom. The number of aryl methyl sites for hydroxylation is 1. The second-order valence-electron chi connectivity index (χ2n) is 4.10. The highest BCUT2D eigenvalue weighted by Gasteiger charge is 2.14. The average molecular weight is 273 g/mol. The van der Waals surface area contributed by atoms with Gasteiger partial charge in [-0.25, -0.2) is 0 Å². The number of para-hydroxylation sites is 1. The molecule has 104 valence electrons. The van der Waals surface area contributed by atoms with E-state index in [9.17, 15) is 4.79 Å². The first-order valence-corrected chi connectivity index (χ1v) is 6.12. The van der Waals surface area contributed by atoms with E-state index in [2.05, 4.69) is 10.5 Å². The summed E-state index contributed by atoms with van der Waals surface area (Å²) in [5, 5.41) is 14.3. The molecule has 2 rings (SSSR count). The summed E-state index contributed by atoms with van der Waals surface area (Å²) in [5.74, 6) is 0.494. The van der Waals surface area contributed by atoms with Crippen LogP contribution in [0.5, 0.6) is 0 Å². The van der Waals surface area contributed by atoms with Crippen molar-refractivity contribution in [3.05, 3.63) is 53.5 Å². The van der Waals surface area contributed by atoms with Crippen LogP contribution in [0.1, 0.15) is 28.8 Å². The number of nitrogens with two attached hydrogens (primary N) is 1. The molecule has 0 atom stereocenters. The molecular formula is C14H15N3O3. The summed E-state index contributed by atoms with van der Waals surface area (Å²) in [5.41, 5.74) is 6.44. The van der Waals surface area contributed by atoms with Crippen molar-refractivity contribution in [2.24, 2.45) is 10.9 Å². The van der Waals surface area contributed by atoms with Gasteiger partial charge >= 0.3 is 0 Å². The molecule has 0 saturated heterocycles. The minimum atomic E-state index is -0.386. The van der Waals surface area contributed by atoms with Gasteiger partial charge in [0.15, 0.2) is 11.6 Å². The van der Waals surface area contributed by atoms with E-state index < -0.39 is 0 Å². The van der Waals surface area contributed by atoms with Crippen LogP contribution < -0.4 is 11.1 Å². The number of nitrogens with zero attached hydrogens (tertiary/aromatic N) is 1. The summed E-state index contributed by atoms with van der Waals surface area (Å²) in [4.78, 5) is 12.1. The smallest absolute Gasteiger partial charge is 0.291 e. The number of amides is 1. The number of carbonyl (C=O) groups excluding carboxylic acids is 1. The highest BCUT2D eigenvalue weighted by atomic mass is 16.4. The van der Waals surface area contributed by atoms with Gasteiger partial charge in [0.25, 0.3) is 5.91 Å². The number of carbonyl (C=O) groups is 1. The van der Waals surface area contributed by atoms with Crippen LogP contribution in [0.4, 0.5) is 5.69 Å². The van der Waals surface area contributed by atoms with Gasteiger partial charge in [-0.05, 0) is 24.3 Å². The fraction of sp³-hybridized carbons (Fsp3) is 0.143. The van der Waals surface area contributed by atoms with Crippen molar-refractivity contribution in [2.75, 3.05) is 5.32 Å². The van der Waals surface area contributed by atoms with Gasteiger partial charge in [0.05, 0.1) is 5.69 Å². The normalized spacial score (nSPS) is 11.3. The van der Waals surface area contributed by atoms with Crippen LogP contribution in [-0.4, -0.2) is 17.0 Å². The highest BCUT2D eigenvalue weighted by Crippen LogP contribution is 2.17. The third-order valence-corrected chi connectivity index (χ3v) is 2.79. The van der Waals surface area contributed by atoms with E-state index >= 15 is 0 Å². The van der Waals surface area contributed by atoms with Gasteiger partial charge in [-0.1, -0.05) is 24.2 Å². The molecule has 0 radical (unpaired) electrons. The van der Waals surface area contributed by atoms with Gasteiger partial charge in [0, 0.05) is 12.0 Å². The molecule has 0 aliphatic heterocycles. The molecule has 0 fully saturated rings. The van der Waals surface area contributed by atoms with Crippen molar-refractivity contribution in [1.82, 2.24) is 0 Å². The lowest BCUT2D eigenvalue weighted by atomic mass is 10.1. The molecule has 20 heavy (non-hydrogen) atoms. The van der Waals surface area contributed by atoms with Crippen LogP contribution in [0.3, 0.4) is 0 Å². The lowest BCUT2D eigenvalue weighted by Crippen LogP contribution is -2.18. The average Bonchev–Trinajstić information content (AvgIpc) is 2.96. The highest BCUT2D eigenvalue weighted by molar-refractivity contribution is 6.08. The third-order valence-electron chi connectivity index (χ3n) is 2.79. The summed E-state index contributed by atoms with van der Waals surface area (Å²) in [6.07, 6.45) is 0.716. The third kappa shape index (κ3) is 2.80. The zero-order chi connectivity index (χ0) is 14.5. The maximum Gasteiger partial charge on any atom is 0.291 e. The zero-order valence-corrected chi connectivity index (χ0v) is 11.0. The van der Waals surface area contributed by atoms with Crippen LogP contribution >= 0.6 is 0 Å². The molecule has 0 spiro atoms. The number of furan rings is 1. The van der Waals surface area contributed by atoms with E-state index in [1.54, 1.807) is 36.4 Å². The SMILES string of the molecule is CCc1ccc(C(=O)Nc2ccccc2C(N)=NO)o1. The van der Waals surface area contributed by atoms with Crippen LogP contribution in [0.15, 0.2) is 46.0 Å². The number of nitrogens with one attached hydrogen (secondary N) is 1. The molecule has 1 aromatic heterocycles. The fourth-order valence-electron chi connectivity index (χ4n) is 1.74. The topological polar surface area (TPSA) is 101 Å². The first-order chi connectivity index (χ1) is 9.65. The standard InChI is InChI=1S/C14H15N3O3/c1-2-9-7-8-12(20-9)14(18)16-11-6-4-3-5-10(11)13(15)17-19/h3-8,19H,2H2,1H3,(H2,15,17)(H,16,18). The van der Waals surface area contributed by atoms with E-state index in [0.29, 0.717) is 17.7 Å². The Hall–Kier alpha value is -2.76. The van der Waals surface area contributed by atoms with Crippen molar-refractivity contribution in [3.8, 4) is 0 Å². The molecule has 1 aromatic carbocycles. The van der Waals surface area contributed by atoms with Gasteiger partial charge in [0.1, 0.15) is 5.76 Å². The van der Waals surface area contributed by atoms with Crippen molar-refractivity contribution < 1.29 is 14.4 Å². The van der Waals surface area contributed by atoms with Crippen LogP contribution in [0, 0.1) is 0 Å². The first kappa shape index (κ1) is 13.7. The summed E-state index contributed by atoms with van der Waals surface area (Å²) < 4.78 is 5.37. The van der Waals surface area contributed by atoms with E-state index in [1.165, 1.54) is 0 Å². The molecular weight excluding hydrogens is 258 g/mol. The first-order valence-electron chi connectivity index (χ1n) is 6.12. The van der Waals surface area contributed by atoms with E-state index in [1.807, 2.05) is 6.92 Å². The Balaban J connectivity index is 2.24. The lowest BCUT2D eigenvalue weighted by molar-refractivity contribution is 0.0995. The van der Waals surface area contributed by atoms with Gasteiger partial charge < -0.3 is 20.7 Å². The summed E-state index contributed by atoms with van der Waals surface area (Å²) in [6, 6.07) is 10.1. The Morgan fingerprint density at radius 3 is 2.75 bits per heavy atom. The van der Waals surface area contributed by atoms with Crippen LogP contribution in [0.2, 0.25) is 0 Å². The minimum absolute atomic E-state index is 0.0745. The number of benzene rings is 1. The fourth-order valence-corrected chi connectivity index (χ4v) is 1.74. The monoisotopic (exact) mass is 273 g/mol. The second kappa shape index (κ2) is 5.92. The molecule has 6 heteroatoms. The van der Waals surface area contributed by atoms with Gasteiger partial charge in [-0.15, -0.1) is 0 Å².